The quantitative estimate of drug-likeness (QED) is 0.598. The summed E-state index contributed by atoms with van der Waals surface area (Å²) in [6.07, 6.45) is 1.81. The van der Waals surface area contributed by atoms with Crippen molar-refractivity contribution >= 4 is 22.6 Å². The minimum absolute atomic E-state index is 0.0742. The van der Waals surface area contributed by atoms with E-state index >= 15 is 0 Å². The number of hydrogen-bond acceptors (Lipinski definition) is 3. The topological polar surface area (TPSA) is 61.4 Å². The molecule has 0 spiro atoms. The molecule has 1 aliphatic heterocycles. The van der Waals surface area contributed by atoms with Gasteiger partial charge < -0.3 is 15.5 Å². The fraction of sp³-hybridized carbons (Fsp3) is 0.333. The number of amides is 2. The average Bonchev–Trinajstić information content (AvgIpc) is 3.02. The lowest BCUT2D eigenvalue weighted by Gasteiger charge is -2.26. The molecule has 1 heterocycles. The molecule has 1 saturated heterocycles. The second-order valence-electron chi connectivity index (χ2n) is 8.49. The molecule has 1 aliphatic rings. The van der Waals surface area contributed by atoms with Crippen molar-refractivity contribution in [1.82, 2.24) is 15.5 Å². The van der Waals surface area contributed by atoms with E-state index < -0.39 is 0 Å². The predicted molar refractivity (Wildman–Crippen MR) is 129 cm³/mol. The highest BCUT2D eigenvalue weighted by atomic mass is 16.2. The highest BCUT2D eigenvalue weighted by molar-refractivity contribution is 5.98. The van der Waals surface area contributed by atoms with Crippen LogP contribution >= 0.6 is 0 Å². The molecule has 0 bridgehead atoms. The molecule has 4 rings (SSSR count). The Balaban J connectivity index is 1.32. The molecule has 2 N–H and O–H groups in total. The maximum Gasteiger partial charge on any atom is 0.251 e. The molecule has 0 radical (unpaired) electrons. The SMILES string of the molecule is CC[C@H](CN1CC[C@@H](CNC(=O)c2ccc3ccccc3c2)NCC1=O)c1ccccc1. The first kappa shape index (κ1) is 22.0. The number of carbonyl (C=O) groups is 2. The van der Waals surface area contributed by atoms with Gasteiger partial charge in [0.25, 0.3) is 5.91 Å². The molecular formula is C27H31N3O2. The zero-order valence-electron chi connectivity index (χ0n) is 18.6. The van der Waals surface area contributed by atoms with E-state index in [2.05, 4.69) is 41.8 Å². The van der Waals surface area contributed by atoms with E-state index in [0.29, 0.717) is 31.1 Å². The second-order valence-corrected chi connectivity index (χ2v) is 8.49. The Morgan fingerprint density at radius 3 is 2.59 bits per heavy atom. The largest absolute Gasteiger partial charge is 0.350 e. The summed E-state index contributed by atoms with van der Waals surface area (Å²) in [7, 11) is 0. The number of nitrogens with one attached hydrogen (secondary N) is 2. The minimum Gasteiger partial charge on any atom is -0.350 e. The van der Waals surface area contributed by atoms with Crippen LogP contribution in [-0.2, 0) is 4.79 Å². The van der Waals surface area contributed by atoms with Crippen LogP contribution in [0.15, 0.2) is 72.8 Å². The van der Waals surface area contributed by atoms with Crippen molar-refractivity contribution in [3.8, 4) is 0 Å². The van der Waals surface area contributed by atoms with Crippen LogP contribution in [0.4, 0.5) is 0 Å². The molecule has 3 aromatic rings. The van der Waals surface area contributed by atoms with E-state index in [9.17, 15) is 9.59 Å². The first-order valence-corrected chi connectivity index (χ1v) is 11.5. The molecule has 5 heteroatoms. The van der Waals surface area contributed by atoms with Gasteiger partial charge in [-0.3, -0.25) is 9.59 Å². The number of carbonyl (C=O) groups excluding carboxylic acids is 2. The molecule has 0 aromatic heterocycles. The van der Waals surface area contributed by atoms with Crippen LogP contribution in [0.1, 0.15) is 41.6 Å². The number of rotatable bonds is 7. The van der Waals surface area contributed by atoms with Crippen LogP contribution in [0.3, 0.4) is 0 Å². The lowest BCUT2D eigenvalue weighted by atomic mass is 9.96. The van der Waals surface area contributed by atoms with Gasteiger partial charge in [-0.1, -0.05) is 67.6 Å². The van der Waals surface area contributed by atoms with E-state index in [1.807, 2.05) is 53.4 Å². The standard InChI is InChI=1S/C27H31N3O2/c1-2-20(21-8-4-3-5-9-21)19-30-15-14-25(28-18-26(30)31)17-29-27(32)24-13-12-22-10-6-7-11-23(22)16-24/h3-13,16,20,25,28H,2,14-15,17-19H2,1H3,(H,29,32)/t20-,25+/m1/s1. The van der Waals surface area contributed by atoms with Crippen LogP contribution in [-0.4, -0.2) is 48.9 Å². The number of fused-ring (bicyclic) bond motifs is 1. The van der Waals surface area contributed by atoms with Gasteiger partial charge in [0.05, 0.1) is 6.54 Å². The summed E-state index contributed by atoms with van der Waals surface area (Å²) < 4.78 is 0. The Bertz CT molecular complexity index is 1070. The first-order chi connectivity index (χ1) is 15.6. The third kappa shape index (κ3) is 5.35. The van der Waals surface area contributed by atoms with Crippen molar-refractivity contribution < 1.29 is 9.59 Å². The maximum atomic E-state index is 12.7. The summed E-state index contributed by atoms with van der Waals surface area (Å²) in [4.78, 5) is 27.3. The van der Waals surface area contributed by atoms with Gasteiger partial charge in [0.15, 0.2) is 0 Å². The first-order valence-electron chi connectivity index (χ1n) is 11.5. The zero-order valence-corrected chi connectivity index (χ0v) is 18.6. The second kappa shape index (κ2) is 10.4. The van der Waals surface area contributed by atoms with Gasteiger partial charge in [-0.25, -0.2) is 0 Å². The molecule has 32 heavy (non-hydrogen) atoms. The lowest BCUT2D eigenvalue weighted by molar-refractivity contribution is -0.129. The Morgan fingerprint density at radius 1 is 1.06 bits per heavy atom. The highest BCUT2D eigenvalue weighted by Crippen LogP contribution is 2.21. The molecule has 166 valence electrons. The zero-order chi connectivity index (χ0) is 22.3. The smallest absolute Gasteiger partial charge is 0.251 e. The van der Waals surface area contributed by atoms with E-state index in [-0.39, 0.29) is 17.9 Å². The molecule has 0 aliphatic carbocycles. The van der Waals surface area contributed by atoms with Crippen molar-refractivity contribution in [2.24, 2.45) is 0 Å². The molecule has 0 unspecified atom stereocenters. The molecule has 2 amide bonds. The maximum absolute atomic E-state index is 12.7. The summed E-state index contributed by atoms with van der Waals surface area (Å²) in [5.74, 6) is 0.382. The number of nitrogens with zero attached hydrogens (tertiary/aromatic N) is 1. The van der Waals surface area contributed by atoms with Crippen LogP contribution in [0, 0.1) is 0 Å². The van der Waals surface area contributed by atoms with Crippen molar-refractivity contribution in [2.45, 2.75) is 31.7 Å². The van der Waals surface area contributed by atoms with Gasteiger partial charge in [0.1, 0.15) is 0 Å². The molecule has 1 fully saturated rings. The molecule has 5 nitrogen and oxygen atoms in total. The van der Waals surface area contributed by atoms with Crippen LogP contribution < -0.4 is 10.6 Å². The van der Waals surface area contributed by atoms with Crippen molar-refractivity contribution in [2.75, 3.05) is 26.2 Å². The van der Waals surface area contributed by atoms with Gasteiger partial charge in [-0.05, 0) is 41.3 Å². The Hall–Kier alpha value is -3.18. The van der Waals surface area contributed by atoms with Gasteiger partial charge in [0, 0.05) is 37.2 Å². The molecule has 3 aromatic carbocycles. The molecule has 0 saturated carbocycles. The van der Waals surface area contributed by atoms with Gasteiger partial charge in [0.2, 0.25) is 5.91 Å². The number of hydrogen-bond donors (Lipinski definition) is 2. The molecule has 2 atom stereocenters. The highest BCUT2D eigenvalue weighted by Gasteiger charge is 2.24. The van der Waals surface area contributed by atoms with Gasteiger partial charge in [-0.15, -0.1) is 0 Å². The number of benzene rings is 3. The van der Waals surface area contributed by atoms with E-state index in [4.69, 9.17) is 0 Å². The fourth-order valence-corrected chi connectivity index (χ4v) is 4.36. The average molecular weight is 430 g/mol. The normalized spacial score (nSPS) is 17.7. The summed E-state index contributed by atoms with van der Waals surface area (Å²) in [6.45, 7) is 4.41. The summed E-state index contributed by atoms with van der Waals surface area (Å²) >= 11 is 0. The lowest BCUT2D eigenvalue weighted by Crippen LogP contribution is -2.42. The third-order valence-corrected chi connectivity index (χ3v) is 6.37. The summed E-state index contributed by atoms with van der Waals surface area (Å²) in [5, 5.41) is 8.53. The van der Waals surface area contributed by atoms with Crippen molar-refractivity contribution in [3.05, 3.63) is 83.9 Å². The minimum atomic E-state index is -0.0832. The summed E-state index contributed by atoms with van der Waals surface area (Å²) in [6, 6.07) is 24.3. The summed E-state index contributed by atoms with van der Waals surface area (Å²) in [5.41, 5.74) is 1.93. The van der Waals surface area contributed by atoms with E-state index in [1.165, 1.54) is 5.56 Å². The molecular weight excluding hydrogens is 398 g/mol. The Morgan fingerprint density at radius 2 is 1.81 bits per heavy atom. The van der Waals surface area contributed by atoms with Crippen LogP contribution in [0.5, 0.6) is 0 Å². The van der Waals surface area contributed by atoms with Crippen molar-refractivity contribution in [3.63, 3.8) is 0 Å². The van der Waals surface area contributed by atoms with Crippen LogP contribution in [0.2, 0.25) is 0 Å². The van der Waals surface area contributed by atoms with Gasteiger partial charge in [-0.2, -0.15) is 0 Å². The Labute approximate surface area is 189 Å². The van der Waals surface area contributed by atoms with Crippen LogP contribution in [0.25, 0.3) is 10.8 Å². The van der Waals surface area contributed by atoms with Gasteiger partial charge >= 0.3 is 0 Å². The predicted octanol–water partition coefficient (Wildman–Crippen LogP) is 3.95. The monoisotopic (exact) mass is 429 g/mol. The van der Waals surface area contributed by atoms with Crippen molar-refractivity contribution in [1.29, 1.82) is 0 Å². The van der Waals surface area contributed by atoms with E-state index in [1.54, 1.807) is 0 Å². The Kier molecular flexibility index (Phi) is 7.17. The fourth-order valence-electron chi connectivity index (χ4n) is 4.36. The van der Waals surface area contributed by atoms with E-state index in [0.717, 1.165) is 30.2 Å². The third-order valence-electron chi connectivity index (χ3n) is 6.37.